The second-order valence-corrected chi connectivity index (χ2v) is 7.91. The molecule has 4 saturated carbocycles. The molecule has 1 amide bonds. The van der Waals surface area contributed by atoms with Crippen LogP contribution < -0.4 is 10.6 Å². The van der Waals surface area contributed by atoms with Gasteiger partial charge in [-0.2, -0.15) is 0 Å². The molecule has 20 heavy (non-hydrogen) atoms. The molecule has 3 nitrogen and oxygen atoms in total. The Balaban J connectivity index is 1.34. The van der Waals surface area contributed by atoms with Gasteiger partial charge in [-0.15, -0.1) is 0 Å². The summed E-state index contributed by atoms with van der Waals surface area (Å²) in [6.45, 7) is 3.14. The van der Waals surface area contributed by atoms with Gasteiger partial charge in [0.15, 0.2) is 0 Å². The Bertz CT molecular complexity index is 347. The molecule has 0 aromatic rings. The number of hydrogen-bond donors (Lipinski definition) is 2. The molecule has 2 N–H and O–H groups in total. The zero-order valence-electron chi connectivity index (χ0n) is 12.4. The van der Waals surface area contributed by atoms with E-state index in [2.05, 4.69) is 10.6 Å². The van der Waals surface area contributed by atoms with Crippen LogP contribution in [0.2, 0.25) is 0 Å². The molecule has 112 valence electrons. The summed E-state index contributed by atoms with van der Waals surface area (Å²) in [5.74, 6) is 4.77. The van der Waals surface area contributed by atoms with Gasteiger partial charge in [0.05, 0.1) is 0 Å². The monoisotopic (exact) mass is 276 g/mol. The lowest BCUT2D eigenvalue weighted by atomic mass is 9.51. The highest BCUT2D eigenvalue weighted by molar-refractivity contribution is 5.79. The van der Waals surface area contributed by atoms with Gasteiger partial charge in [0.1, 0.15) is 0 Å². The van der Waals surface area contributed by atoms with Crippen LogP contribution in [0.3, 0.4) is 0 Å². The van der Waals surface area contributed by atoms with Gasteiger partial charge >= 0.3 is 0 Å². The number of carbonyl (C=O) groups excluding carboxylic acids is 1. The van der Waals surface area contributed by atoms with Crippen molar-refractivity contribution in [1.82, 2.24) is 10.6 Å². The van der Waals surface area contributed by atoms with Crippen molar-refractivity contribution in [1.29, 1.82) is 0 Å². The molecule has 4 aliphatic carbocycles. The molecule has 1 atom stereocenters. The van der Waals surface area contributed by atoms with Gasteiger partial charge in [-0.25, -0.2) is 0 Å². The highest BCUT2D eigenvalue weighted by Gasteiger charge is 2.50. The maximum atomic E-state index is 12.6. The number of hydrogen-bond acceptors (Lipinski definition) is 2. The van der Waals surface area contributed by atoms with Gasteiger partial charge in [0.2, 0.25) is 5.91 Å². The largest absolute Gasteiger partial charge is 0.356 e. The Kier molecular flexibility index (Phi) is 3.49. The number of piperidine rings is 1. The molecule has 1 aliphatic heterocycles. The fourth-order valence-corrected chi connectivity index (χ4v) is 5.81. The SMILES string of the molecule is O=C(NCC1CCCNC1)C1C2CC3CC(C2)CC1C3. The molecule has 5 fully saturated rings. The van der Waals surface area contributed by atoms with Gasteiger partial charge in [-0.3, -0.25) is 4.79 Å². The Morgan fingerprint density at radius 3 is 2.35 bits per heavy atom. The number of nitrogens with one attached hydrogen (secondary N) is 2. The van der Waals surface area contributed by atoms with Crippen LogP contribution in [0.5, 0.6) is 0 Å². The smallest absolute Gasteiger partial charge is 0.223 e. The molecule has 3 heteroatoms. The third-order valence-corrected chi connectivity index (χ3v) is 6.49. The first-order valence-corrected chi connectivity index (χ1v) is 8.78. The van der Waals surface area contributed by atoms with Gasteiger partial charge in [0, 0.05) is 12.5 Å². The van der Waals surface area contributed by atoms with E-state index in [9.17, 15) is 4.79 Å². The quantitative estimate of drug-likeness (QED) is 0.829. The first kappa shape index (κ1) is 13.1. The zero-order chi connectivity index (χ0) is 13.5. The van der Waals surface area contributed by atoms with Gasteiger partial charge in [0.25, 0.3) is 0 Å². The van der Waals surface area contributed by atoms with Crippen molar-refractivity contribution < 1.29 is 4.79 Å². The molecule has 1 saturated heterocycles. The van der Waals surface area contributed by atoms with E-state index in [1.807, 2.05) is 0 Å². The molecular formula is C17H28N2O. The Morgan fingerprint density at radius 2 is 1.75 bits per heavy atom. The minimum atomic E-state index is 0.361. The predicted molar refractivity (Wildman–Crippen MR) is 79.1 cm³/mol. The number of amides is 1. The zero-order valence-corrected chi connectivity index (χ0v) is 12.4. The van der Waals surface area contributed by atoms with E-state index >= 15 is 0 Å². The summed E-state index contributed by atoms with van der Waals surface area (Å²) in [4.78, 5) is 12.6. The molecule has 1 heterocycles. The first-order valence-electron chi connectivity index (χ1n) is 8.78. The molecular weight excluding hydrogens is 248 g/mol. The van der Waals surface area contributed by atoms with Crippen molar-refractivity contribution in [3.63, 3.8) is 0 Å². The second-order valence-electron chi connectivity index (χ2n) is 7.91. The number of carbonyl (C=O) groups is 1. The first-order chi connectivity index (χ1) is 9.79. The molecule has 0 aromatic heterocycles. The average molecular weight is 276 g/mol. The molecule has 0 aromatic carbocycles. The summed E-state index contributed by atoms with van der Waals surface area (Å²) in [7, 11) is 0. The summed E-state index contributed by atoms with van der Waals surface area (Å²) in [6, 6.07) is 0. The van der Waals surface area contributed by atoms with E-state index in [1.165, 1.54) is 44.9 Å². The van der Waals surface area contributed by atoms with E-state index < -0.39 is 0 Å². The fraction of sp³-hybridized carbons (Fsp3) is 0.941. The lowest BCUT2D eigenvalue weighted by Crippen LogP contribution is -2.51. The van der Waals surface area contributed by atoms with E-state index in [-0.39, 0.29) is 0 Å². The topological polar surface area (TPSA) is 41.1 Å². The van der Waals surface area contributed by atoms with Gasteiger partial charge in [-0.05, 0) is 87.6 Å². The van der Waals surface area contributed by atoms with Gasteiger partial charge in [-0.1, -0.05) is 0 Å². The van der Waals surface area contributed by atoms with Gasteiger partial charge < -0.3 is 10.6 Å². The van der Waals surface area contributed by atoms with Crippen molar-refractivity contribution in [3.8, 4) is 0 Å². The lowest BCUT2D eigenvalue weighted by Gasteiger charge is -2.53. The molecule has 0 spiro atoms. The summed E-state index contributed by atoms with van der Waals surface area (Å²) in [6.07, 6.45) is 9.38. The minimum Gasteiger partial charge on any atom is -0.356 e. The lowest BCUT2D eigenvalue weighted by molar-refractivity contribution is -0.138. The Morgan fingerprint density at radius 1 is 1.05 bits per heavy atom. The third-order valence-electron chi connectivity index (χ3n) is 6.49. The maximum Gasteiger partial charge on any atom is 0.223 e. The van der Waals surface area contributed by atoms with Crippen molar-refractivity contribution in [3.05, 3.63) is 0 Å². The standard InChI is InChI=1S/C17H28N2O/c20-17(19-10-11-2-1-3-18-9-11)16-14-5-12-4-13(7-14)8-15(16)6-12/h11-16,18H,1-10H2,(H,19,20). The van der Waals surface area contributed by atoms with Crippen LogP contribution in [0, 0.1) is 35.5 Å². The van der Waals surface area contributed by atoms with E-state index in [0.29, 0.717) is 17.7 Å². The van der Waals surface area contributed by atoms with Crippen molar-refractivity contribution in [2.45, 2.75) is 44.9 Å². The van der Waals surface area contributed by atoms with Crippen LogP contribution in [0.15, 0.2) is 0 Å². The molecule has 5 aliphatic rings. The van der Waals surface area contributed by atoms with Crippen LogP contribution in [0.4, 0.5) is 0 Å². The normalized spacial score (nSPS) is 46.4. The highest BCUT2D eigenvalue weighted by atomic mass is 16.1. The molecule has 1 unspecified atom stereocenters. The van der Waals surface area contributed by atoms with Crippen LogP contribution in [-0.2, 0) is 4.79 Å². The molecule has 4 bridgehead atoms. The maximum absolute atomic E-state index is 12.6. The van der Waals surface area contributed by atoms with E-state index in [0.717, 1.165) is 43.3 Å². The fourth-order valence-electron chi connectivity index (χ4n) is 5.81. The summed E-state index contributed by atoms with van der Waals surface area (Å²) >= 11 is 0. The van der Waals surface area contributed by atoms with Crippen molar-refractivity contribution >= 4 is 5.91 Å². The Hall–Kier alpha value is -0.570. The average Bonchev–Trinajstić information content (AvgIpc) is 2.45. The summed E-state index contributed by atoms with van der Waals surface area (Å²) in [5, 5.41) is 6.74. The van der Waals surface area contributed by atoms with Crippen molar-refractivity contribution in [2.24, 2.45) is 35.5 Å². The predicted octanol–water partition coefficient (Wildman–Crippen LogP) is 2.17. The number of rotatable bonds is 3. The van der Waals surface area contributed by atoms with E-state index in [4.69, 9.17) is 0 Å². The van der Waals surface area contributed by atoms with Crippen LogP contribution in [0.1, 0.15) is 44.9 Å². The minimum absolute atomic E-state index is 0.361. The summed E-state index contributed by atoms with van der Waals surface area (Å²) in [5.41, 5.74) is 0. The highest BCUT2D eigenvalue weighted by Crippen LogP contribution is 2.56. The van der Waals surface area contributed by atoms with E-state index in [1.54, 1.807) is 0 Å². The van der Waals surface area contributed by atoms with Crippen molar-refractivity contribution in [2.75, 3.05) is 19.6 Å². The summed E-state index contributed by atoms with van der Waals surface area (Å²) < 4.78 is 0. The van der Waals surface area contributed by atoms with Crippen LogP contribution in [-0.4, -0.2) is 25.5 Å². The third kappa shape index (κ3) is 2.38. The molecule has 0 radical (unpaired) electrons. The van der Waals surface area contributed by atoms with Crippen LogP contribution in [0.25, 0.3) is 0 Å². The van der Waals surface area contributed by atoms with Crippen LogP contribution >= 0.6 is 0 Å². The molecule has 5 rings (SSSR count). The second kappa shape index (κ2) is 5.32. The Labute approximate surface area is 122 Å².